The number of fused-ring (bicyclic) bond motifs is 3. The van der Waals surface area contributed by atoms with Gasteiger partial charge in [0.25, 0.3) is 0 Å². The molecule has 0 fully saturated rings. The van der Waals surface area contributed by atoms with Crippen molar-refractivity contribution in [3.63, 3.8) is 0 Å². The summed E-state index contributed by atoms with van der Waals surface area (Å²) < 4.78 is 29.8. The second-order valence-electron chi connectivity index (χ2n) is 13.6. The number of hydrogen-bond acceptors (Lipinski definition) is 4. The molecule has 0 aliphatic heterocycles. The second kappa shape index (κ2) is 14.1. The smallest absolute Gasteiger partial charge is 0.216 e. The number of hydrogen-bond donors (Lipinski definition) is 0. The molecule has 0 atom stereocenters. The Morgan fingerprint density at radius 2 is 1.73 bits per heavy atom. The Kier molecular flexibility index (Phi) is 10.4. The van der Waals surface area contributed by atoms with E-state index >= 15 is 0 Å². The standard InChI is InChI=1S/C19H14FN2O.C19H26GeN.Ir/c1-11(2)12-7-9-21-16(10-12)13-5-6-15(20)17-14-4-3-8-22-19(14)23-18(13)17;1-19(2,3)13-16-12-18(15-10-8-7-9-11-15)21-14-17(16)20(4,5)6;/h3-4,6-11H,1-2H3;7-10,12,14H,13H2,1-6H3;/q2*-1;/i11D;;. The topological polar surface area (TPSA) is 51.8 Å². The van der Waals surface area contributed by atoms with Gasteiger partial charge in [-0.25, -0.2) is 4.98 Å². The van der Waals surface area contributed by atoms with Crippen molar-refractivity contribution in [1.82, 2.24) is 15.0 Å². The monoisotopic (exact) mass is 841 g/mol. The summed E-state index contributed by atoms with van der Waals surface area (Å²) in [7, 11) is 0. The molecule has 0 saturated heterocycles. The Morgan fingerprint density at radius 3 is 2.40 bits per heavy atom. The van der Waals surface area contributed by atoms with Crippen molar-refractivity contribution in [3.05, 3.63) is 108 Å². The van der Waals surface area contributed by atoms with Crippen molar-refractivity contribution < 1.29 is 30.3 Å². The van der Waals surface area contributed by atoms with E-state index < -0.39 is 25.0 Å². The number of benzene rings is 2. The molecule has 0 saturated carbocycles. The van der Waals surface area contributed by atoms with E-state index in [1.165, 1.54) is 16.0 Å². The van der Waals surface area contributed by atoms with Crippen LogP contribution < -0.4 is 4.40 Å². The van der Waals surface area contributed by atoms with Crippen LogP contribution in [0.25, 0.3) is 44.6 Å². The summed E-state index contributed by atoms with van der Waals surface area (Å²) in [6.45, 7) is 10.5. The van der Waals surface area contributed by atoms with Crippen molar-refractivity contribution in [2.75, 3.05) is 0 Å². The maximum atomic E-state index is 14.3. The first-order valence-corrected chi connectivity index (χ1v) is 22.3. The van der Waals surface area contributed by atoms with Gasteiger partial charge in [-0.1, -0.05) is 31.0 Å². The average Bonchev–Trinajstić information content (AvgIpc) is 3.37. The molecule has 1 radical (unpaired) electrons. The van der Waals surface area contributed by atoms with Crippen LogP contribution >= 0.6 is 0 Å². The van der Waals surface area contributed by atoms with Gasteiger partial charge in [-0.05, 0) is 35.2 Å². The third-order valence-electron chi connectivity index (χ3n) is 7.37. The SMILES string of the molecule is CC(C)(C)Cc1cc(-c2[c-]cccc2)nc[c]1[Ge]([CH3])([CH3])[CH3].[2H]C(C)(C)c1ccnc(-c2[c-]cc(F)c3c2oc2ncccc23)c1.[Ir]. The normalized spacial score (nSPS) is 12.3. The Bertz CT molecular complexity index is 1960. The molecule has 7 heteroatoms. The van der Waals surface area contributed by atoms with Crippen LogP contribution in [0.1, 0.15) is 53.0 Å². The second-order valence-corrected chi connectivity index (χ2v) is 24.2. The summed E-state index contributed by atoms with van der Waals surface area (Å²) in [5.74, 6) is 6.16. The van der Waals surface area contributed by atoms with Crippen molar-refractivity contribution >= 4 is 39.7 Å². The summed E-state index contributed by atoms with van der Waals surface area (Å²) in [4.78, 5) is 13.2. The van der Waals surface area contributed by atoms with E-state index in [2.05, 4.69) is 78.5 Å². The number of nitrogens with zero attached hydrogens (tertiary/aromatic N) is 3. The quantitative estimate of drug-likeness (QED) is 0.128. The molecule has 0 aliphatic carbocycles. The first-order valence-electron chi connectivity index (χ1n) is 15.4. The van der Waals surface area contributed by atoms with Gasteiger partial charge < -0.3 is 9.40 Å². The van der Waals surface area contributed by atoms with Gasteiger partial charge >= 0.3 is 132 Å². The van der Waals surface area contributed by atoms with Gasteiger partial charge in [0.2, 0.25) is 5.71 Å². The molecule has 0 spiro atoms. The van der Waals surface area contributed by atoms with Gasteiger partial charge in [0.05, 0.1) is 5.58 Å². The number of rotatable bonds is 5. The van der Waals surface area contributed by atoms with Gasteiger partial charge in [0.15, 0.2) is 0 Å². The molecule has 0 amide bonds. The van der Waals surface area contributed by atoms with Crippen LogP contribution in [-0.4, -0.2) is 28.2 Å². The van der Waals surface area contributed by atoms with Crippen molar-refractivity contribution in [3.8, 4) is 22.5 Å². The minimum atomic E-state index is -1.90. The fraction of sp³-hybridized carbons (Fsp3) is 0.289. The van der Waals surface area contributed by atoms with Gasteiger partial charge in [-0.2, -0.15) is 0 Å². The number of pyridine rings is 3. The fourth-order valence-corrected chi connectivity index (χ4v) is 8.58. The molecule has 2 aromatic carbocycles. The Balaban J connectivity index is 0.000000207. The van der Waals surface area contributed by atoms with Gasteiger partial charge in [0, 0.05) is 45.1 Å². The molecule has 6 rings (SSSR count). The summed E-state index contributed by atoms with van der Waals surface area (Å²) in [5.41, 5.74) is 6.63. The molecule has 4 nitrogen and oxygen atoms in total. The van der Waals surface area contributed by atoms with E-state index in [4.69, 9.17) is 10.8 Å². The van der Waals surface area contributed by atoms with Crippen LogP contribution in [0.3, 0.4) is 0 Å². The van der Waals surface area contributed by atoms with E-state index in [0.717, 1.165) is 23.2 Å². The largest absolute Gasteiger partial charge is 0.486 e. The molecule has 0 N–H and O–H groups in total. The molecular weight excluding hydrogens is 798 g/mol. The molecular formula is C38H40FGeIrN3O-2. The summed E-state index contributed by atoms with van der Waals surface area (Å²) in [5, 5.41) is 1.00. The molecule has 0 bridgehead atoms. The number of aromatic nitrogens is 3. The van der Waals surface area contributed by atoms with E-state index in [9.17, 15) is 4.39 Å². The van der Waals surface area contributed by atoms with Gasteiger partial charge in [-0.3, -0.25) is 4.39 Å². The molecule has 6 aromatic rings. The minimum Gasteiger partial charge on any atom is -0.486 e. The van der Waals surface area contributed by atoms with Crippen LogP contribution in [0, 0.1) is 23.4 Å². The van der Waals surface area contributed by atoms with Crippen molar-refractivity contribution in [1.29, 1.82) is 0 Å². The van der Waals surface area contributed by atoms with Crippen LogP contribution in [0.15, 0.2) is 83.7 Å². The predicted molar refractivity (Wildman–Crippen MR) is 182 cm³/mol. The molecule has 235 valence electrons. The maximum Gasteiger partial charge on any atom is 0.216 e. The molecule has 4 aromatic heterocycles. The van der Waals surface area contributed by atoms with E-state index in [1.54, 1.807) is 44.4 Å². The van der Waals surface area contributed by atoms with Crippen molar-refractivity contribution in [2.24, 2.45) is 5.41 Å². The Morgan fingerprint density at radius 1 is 0.956 bits per heavy atom. The minimum absolute atomic E-state index is 0. The first kappa shape index (κ1) is 33.2. The van der Waals surface area contributed by atoms with Crippen LogP contribution in [0.4, 0.5) is 4.39 Å². The van der Waals surface area contributed by atoms with Gasteiger partial charge in [-0.15, -0.1) is 12.1 Å². The predicted octanol–water partition coefficient (Wildman–Crippen LogP) is 9.79. The fourth-order valence-electron chi connectivity index (χ4n) is 5.28. The third kappa shape index (κ3) is 8.16. The van der Waals surface area contributed by atoms with E-state index in [1.807, 2.05) is 24.3 Å². The zero-order chi connectivity index (χ0) is 32.6. The summed E-state index contributed by atoms with van der Waals surface area (Å²) >= 11 is -1.90. The van der Waals surface area contributed by atoms with Gasteiger partial charge in [0.1, 0.15) is 0 Å². The van der Waals surface area contributed by atoms with Crippen molar-refractivity contribution in [2.45, 2.75) is 64.2 Å². The van der Waals surface area contributed by atoms with Crippen LogP contribution in [0.5, 0.6) is 0 Å². The molecule has 4 heterocycles. The Hall–Kier alpha value is -3.19. The average molecular weight is 840 g/mol. The molecule has 45 heavy (non-hydrogen) atoms. The zero-order valence-corrected chi connectivity index (χ0v) is 31.7. The van der Waals surface area contributed by atoms with Crippen LogP contribution in [0.2, 0.25) is 17.3 Å². The molecule has 0 unspecified atom stereocenters. The van der Waals surface area contributed by atoms with Crippen LogP contribution in [-0.2, 0) is 26.5 Å². The van der Waals surface area contributed by atoms with E-state index in [0.29, 0.717) is 38.7 Å². The maximum absolute atomic E-state index is 14.3. The number of furan rings is 1. The number of halogens is 1. The molecule has 0 aliphatic rings. The first-order chi connectivity index (χ1) is 21.1. The van der Waals surface area contributed by atoms with E-state index in [-0.39, 0.29) is 20.1 Å². The summed E-state index contributed by atoms with van der Waals surface area (Å²) in [6, 6.07) is 25.0. The zero-order valence-electron chi connectivity index (χ0n) is 28.2. The Labute approximate surface area is 284 Å². The third-order valence-corrected chi connectivity index (χ3v) is 11.7. The summed E-state index contributed by atoms with van der Waals surface area (Å²) in [6.07, 6.45) is 6.49.